The lowest BCUT2D eigenvalue weighted by atomic mass is 9.79. The summed E-state index contributed by atoms with van der Waals surface area (Å²) in [6, 6.07) is 0.178. The van der Waals surface area contributed by atoms with Crippen molar-refractivity contribution < 1.29 is 9.53 Å². The molecule has 4 unspecified atom stereocenters. The molecule has 23 heavy (non-hydrogen) atoms. The van der Waals surface area contributed by atoms with Crippen molar-refractivity contribution in [1.29, 1.82) is 0 Å². The number of hydrogen-bond acceptors (Lipinski definition) is 3. The van der Waals surface area contributed by atoms with E-state index in [0.29, 0.717) is 0 Å². The van der Waals surface area contributed by atoms with Gasteiger partial charge in [-0.3, -0.25) is 4.79 Å². The van der Waals surface area contributed by atoms with Crippen molar-refractivity contribution in [2.45, 2.75) is 84.5 Å². The number of amides is 1. The van der Waals surface area contributed by atoms with Gasteiger partial charge in [-0.2, -0.15) is 0 Å². The minimum Gasteiger partial charge on any atom is -0.365 e. The number of nitrogens with zero attached hydrogens (tertiary/aromatic N) is 1. The van der Waals surface area contributed by atoms with E-state index in [9.17, 15) is 4.79 Å². The lowest BCUT2D eigenvalue weighted by Crippen LogP contribution is -2.56. The van der Waals surface area contributed by atoms with Gasteiger partial charge >= 0.3 is 0 Å². The molecule has 4 nitrogen and oxygen atoms in total. The third kappa shape index (κ3) is 5.33. The molecule has 1 heterocycles. The van der Waals surface area contributed by atoms with Crippen LogP contribution in [0.2, 0.25) is 0 Å². The highest BCUT2D eigenvalue weighted by Crippen LogP contribution is 2.30. The van der Waals surface area contributed by atoms with E-state index in [1.807, 2.05) is 4.90 Å². The van der Waals surface area contributed by atoms with Gasteiger partial charge < -0.3 is 15.4 Å². The van der Waals surface area contributed by atoms with Crippen LogP contribution in [0, 0.1) is 11.3 Å². The molecular formula is C18H35ClN2O2. The summed E-state index contributed by atoms with van der Waals surface area (Å²) in [5.41, 5.74) is 6.17. The molecule has 0 aromatic carbocycles. The fraction of sp³-hybridized carbons (Fsp3) is 0.944. The summed E-state index contributed by atoms with van der Waals surface area (Å²) in [5, 5.41) is 0. The average Bonchev–Trinajstić information content (AvgIpc) is 2.47. The van der Waals surface area contributed by atoms with Crippen LogP contribution < -0.4 is 5.73 Å². The van der Waals surface area contributed by atoms with E-state index in [4.69, 9.17) is 10.5 Å². The lowest BCUT2D eigenvalue weighted by molar-refractivity contribution is -0.153. The van der Waals surface area contributed by atoms with Crippen LogP contribution >= 0.6 is 12.4 Å². The number of halogens is 1. The maximum absolute atomic E-state index is 12.8. The molecule has 0 bridgehead atoms. The largest absolute Gasteiger partial charge is 0.365 e. The molecule has 2 aliphatic rings. The first-order valence-corrected chi connectivity index (χ1v) is 9.03. The van der Waals surface area contributed by atoms with Crippen molar-refractivity contribution >= 4 is 18.3 Å². The predicted octanol–water partition coefficient (Wildman–Crippen LogP) is 3.37. The smallest absolute Gasteiger partial charge is 0.251 e. The second kappa shape index (κ2) is 8.68. The van der Waals surface area contributed by atoms with Gasteiger partial charge in [-0.05, 0) is 37.0 Å². The minimum absolute atomic E-state index is 0. The van der Waals surface area contributed by atoms with E-state index in [0.717, 1.165) is 44.7 Å². The molecule has 0 spiro atoms. The third-order valence-corrected chi connectivity index (χ3v) is 5.52. The number of hydrogen-bond donors (Lipinski definition) is 1. The molecule has 2 fully saturated rings. The highest BCUT2D eigenvalue weighted by atomic mass is 35.5. The summed E-state index contributed by atoms with van der Waals surface area (Å²) in [5.74, 6) is 0.888. The SMILES string of the molecule is CCC(OC1CCCC(C)C1)C(=O)N1CCC(N)C(C)(C)C1.Cl. The van der Waals surface area contributed by atoms with Crippen molar-refractivity contribution in [2.24, 2.45) is 17.1 Å². The maximum Gasteiger partial charge on any atom is 0.251 e. The van der Waals surface area contributed by atoms with Gasteiger partial charge in [0.1, 0.15) is 6.10 Å². The topological polar surface area (TPSA) is 55.6 Å². The Kier molecular flexibility index (Phi) is 7.82. The fourth-order valence-corrected chi connectivity index (χ4v) is 3.83. The lowest BCUT2D eigenvalue weighted by Gasteiger charge is -2.43. The number of likely N-dealkylation sites (tertiary alicyclic amines) is 1. The molecule has 1 amide bonds. The first-order valence-electron chi connectivity index (χ1n) is 9.03. The Balaban J connectivity index is 0.00000264. The van der Waals surface area contributed by atoms with Gasteiger partial charge in [0, 0.05) is 19.1 Å². The zero-order chi connectivity index (χ0) is 16.3. The number of carbonyl (C=O) groups is 1. The number of piperidine rings is 1. The number of nitrogens with two attached hydrogens (primary N) is 1. The molecular weight excluding hydrogens is 312 g/mol. The molecule has 1 saturated heterocycles. The molecule has 4 atom stereocenters. The van der Waals surface area contributed by atoms with Crippen LogP contribution in [-0.4, -0.2) is 42.1 Å². The highest BCUT2D eigenvalue weighted by Gasteiger charge is 2.37. The van der Waals surface area contributed by atoms with E-state index < -0.39 is 0 Å². The molecule has 0 aromatic heterocycles. The molecule has 1 aliphatic heterocycles. The van der Waals surface area contributed by atoms with Gasteiger partial charge in [0.25, 0.3) is 5.91 Å². The summed E-state index contributed by atoms with van der Waals surface area (Å²) in [4.78, 5) is 14.8. The van der Waals surface area contributed by atoms with Crippen LogP contribution in [0.5, 0.6) is 0 Å². The van der Waals surface area contributed by atoms with Crippen LogP contribution in [0.1, 0.15) is 66.2 Å². The summed E-state index contributed by atoms with van der Waals surface area (Å²) < 4.78 is 6.20. The second-order valence-electron chi connectivity index (χ2n) is 8.07. The zero-order valence-corrected chi connectivity index (χ0v) is 16.0. The number of rotatable bonds is 4. The van der Waals surface area contributed by atoms with Crippen LogP contribution in [-0.2, 0) is 9.53 Å². The van der Waals surface area contributed by atoms with Gasteiger partial charge in [-0.1, -0.05) is 40.5 Å². The van der Waals surface area contributed by atoms with Crippen molar-refractivity contribution in [3.8, 4) is 0 Å². The second-order valence-corrected chi connectivity index (χ2v) is 8.07. The Morgan fingerprint density at radius 2 is 2.04 bits per heavy atom. The standard InChI is InChI=1S/C18H34N2O2.ClH/c1-5-15(22-14-8-6-7-13(2)11-14)17(21)20-10-9-16(19)18(3,4)12-20;/h13-16H,5-12,19H2,1-4H3;1H. The molecule has 1 saturated carbocycles. The number of ether oxygens (including phenoxy) is 1. The molecule has 0 radical (unpaired) electrons. The summed E-state index contributed by atoms with van der Waals surface area (Å²) in [6.45, 7) is 10.2. The van der Waals surface area contributed by atoms with Crippen LogP contribution in [0.25, 0.3) is 0 Å². The van der Waals surface area contributed by atoms with Crippen LogP contribution in [0.15, 0.2) is 0 Å². The Morgan fingerprint density at radius 1 is 1.35 bits per heavy atom. The van der Waals surface area contributed by atoms with Gasteiger partial charge in [0.2, 0.25) is 0 Å². The monoisotopic (exact) mass is 346 g/mol. The van der Waals surface area contributed by atoms with Crippen molar-refractivity contribution in [3.05, 3.63) is 0 Å². The molecule has 5 heteroatoms. The first kappa shape index (κ1) is 20.7. The van der Waals surface area contributed by atoms with Crippen LogP contribution in [0.4, 0.5) is 0 Å². The molecule has 2 rings (SSSR count). The van der Waals surface area contributed by atoms with E-state index in [1.165, 1.54) is 12.8 Å². The molecule has 1 aliphatic carbocycles. The summed E-state index contributed by atoms with van der Waals surface area (Å²) in [7, 11) is 0. The van der Waals surface area contributed by atoms with Crippen molar-refractivity contribution in [2.75, 3.05) is 13.1 Å². The highest BCUT2D eigenvalue weighted by molar-refractivity contribution is 5.85. The fourth-order valence-electron chi connectivity index (χ4n) is 3.83. The summed E-state index contributed by atoms with van der Waals surface area (Å²) >= 11 is 0. The average molecular weight is 347 g/mol. The summed E-state index contributed by atoms with van der Waals surface area (Å²) in [6.07, 6.45) is 6.34. The van der Waals surface area contributed by atoms with Crippen LogP contribution in [0.3, 0.4) is 0 Å². The molecule has 0 aromatic rings. The van der Waals surface area contributed by atoms with Crippen molar-refractivity contribution in [3.63, 3.8) is 0 Å². The van der Waals surface area contributed by atoms with E-state index >= 15 is 0 Å². The van der Waals surface area contributed by atoms with E-state index in [1.54, 1.807) is 0 Å². The zero-order valence-electron chi connectivity index (χ0n) is 15.2. The van der Waals surface area contributed by atoms with Gasteiger partial charge in [0.15, 0.2) is 0 Å². The minimum atomic E-state index is -0.277. The van der Waals surface area contributed by atoms with Gasteiger partial charge in [0.05, 0.1) is 6.10 Å². The van der Waals surface area contributed by atoms with Crippen molar-refractivity contribution in [1.82, 2.24) is 4.90 Å². The Bertz CT molecular complexity index is 389. The quantitative estimate of drug-likeness (QED) is 0.849. The Labute approximate surface area is 147 Å². The normalized spacial score (nSPS) is 32.0. The third-order valence-electron chi connectivity index (χ3n) is 5.52. The number of carbonyl (C=O) groups excluding carboxylic acids is 1. The van der Waals surface area contributed by atoms with E-state index in [-0.39, 0.29) is 42.0 Å². The Morgan fingerprint density at radius 3 is 2.61 bits per heavy atom. The van der Waals surface area contributed by atoms with Gasteiger partial charge in [-0.25, -0.2) is 0 Å². The molecule has 2 N–H and O–H groups in total. The first-order chi connectivity index (χ1) is 10.3. The molecule has 136 valence electrons. The predicted molar refractivity (Wildman–Crippen MR) is 96.8 cm³/mol. The van der Waals surface area contributed by atoms with E-state index in [2.05, 4.69) is 27.7 Å². The Hall–Kier alpha value is -0.320. The maximum atomic E-state index is 12.8. The van der Waals surface area contributed by atoms with Gasteiger partial charge in [-0.15, -0.1) is 12.4 Å².